The molecular formula is C35H50N6O5S. The average Bonchev–Trinajstić information content (AvgIpc) is 3.60. The molecule has 0 aromatic heterocycles. The third-order valence-electron chi connectivity index (χ3n) is 8.26. The summed E-state index contributed by atoms with van der Waals surface area (Å²) in [6.07, 6.45) is 0.828. The summed E-state index contributed by atoms with van der Waals surface area (Å²) >= 11 is 1.42. The van der Waals surface area contributed by atoms with E-state index in [1.807, 2.05) is 100 Å². The van der Waals surface area contributed by atoms with Crippen LogP contribution in [0.4, 0.5) is 0 Å². The summed E-state index contributed by atoms with van der Waals surface area (Å²) < 4.78 is -0.632. The highest BCUT2D eigenvalue weighted by atomic mass is 32.2. The lowest BCUT2D eigenvalue weighted by atomic mass is 10.0. The third-order valence-corrected chi connectivity index (χ3v) is 9.76. The van der Waals surface area contributed by atoms with Crippen LogP contribution in [0.3, 0.4) is 0 Å². The van der Waals surface area contributed by atoms with Crippen LogP contribution in [0.15, 0.2) is 60.7 Å². The highest BCUT2D eigenvalue weighted by molar-refractivity contribution is 8.01. The number of β-amino-alcohol motifs (C(OH)–C–C–N with tert-alkyl or cyclic N) is 1. The molecule has 2 aliphatic heterocycles. The van der Waals surface area contributed by atoms with Crippen LogP contribution < -0.4 is 26.6 Å². The molecule has 5 atom stereocenters. The number of benzene rings is 2. The molecule has 2 aromatic rings. The smallest absolute Gasteiger partial charge is 0.245 e. The minimum absolute atomic E-state index is 0.0152. The largest absolute Gasteiger partial charge is 0.390 e. The second-order valence-electron chi connectivity index (χ2n) is 13.9. The van der Waals surface area contributed by atoms with Crippen LogP contribution in [0.25, 0.3) is 0 Å². The van der Waals surface area contributed by atoms with Gasteiger partial charge in [-0.1, -0.05) is 60.7 Å². The van der Waals surface area contributed by atoms with E-state index in [2.05, 4.69) is 26.6 Å². The molecule has 4 amide bonds. The van der Waals surface area contributed by atoms with Crippen molar-refractivity contribution in [2.24, 2.45) is 0 Å². The summed E-state index contributed by atoms with van der Waals surface area (Å²) in [5.41, 5.74) is 1.40. The fourth-order valence-corrected chi connectivity index (χ4v) is 7.48. The number of aliphatic hydroxyl groups excluding tert-OH is 1. The minimum Gasteiger partial charge on any atom is -0.390 e. The second kappa shape index (κ2) is 16.1. The van der Waals surface area contributed by atoms with Crippen LogP contribution in [0.2, 0.25) is 0 Å². The summed E-state index contributed by atoms with van der Waals surface area (Å²) in [5.74, 6) is -1.03. The van der Waals surface area contributed by atoms with Crippen molar-refractivity contribution < 1.29 is 24.3 Å². The lowest BCUT2D eigenvalue weighted by molar-refractivity contribution is -0.129. The summed E-state index contributed by atoms with van der Waals surface area (Å²) in [6.45, 7) is 10.9. The SMILES string of the molecule is CC(C)(C)NC(=O)[C@@H]1CCCN1CC(O)CNC(=O)[C@@H]1N[C@@H](C(NC(=O)Cc2ccccc2)C(=O)NCc2ccccc2)SC1(C)C. The number of rotatable bonds is 13. The normalized spacial score (nSPS) is 22.2. The fraction of sp³-hybridized carbons (Fsp3) is 0.543. The van der Waals surface area contributed by atoms with E-state index in [0.717, 1.165) is 24.0 Å². The van der Waals surface area contributed by atoms with Gasteiger partial charge in [-0.15, -0.1) is 11.8 Å². The number of hydrogen-bond acceptors (Lipinski definition) is 8. The first-order valence-corrected chi connectivity index (χ1v) is 17.2. The summed E-state index contributed by atoms with van der Waals surface area (Å²) in [5, 5.41) is 25.3. The van der Waals surface area contributed by atoms with Gasteiger partial charge in [0, 0.05) is 29.9 Å². The molecule has 0 aliphatic carbocycles. The Balaban J connectivity index is 1.37. The van der Waals surface area contributed by atoms with E-state index in [-0.39, 0.29) is 54.7 Å². The molecule has 0 saturated carbocycles. The van der Waals surface area contributed by atoms with Crippen LogP contribution in [0.1, 0.15) is 58.6 Å². The van der Waals surface area contributed by atoms with E-state index in [4.69, 9.17) is 0 Å². The van der Waals surface area contributed by atoms with Crippen LogP contribution in [0.5, 0.6) is 0 Å². The predicted molar refractivity (Wildman–Crippen MR) is 184 cm³/mol. The molecule has 4 rings (SSSR count). The second-order valence-corrected chi connectivity index (χ2v) is 15.7. The van der Waals surface area contributed by atoms with Crippen LogP contribution in [-0.4, -0.2) is 93.2 Å². The van der Waals surface area contributed by atoms with Crippen LogP contribution in [0, 0.1) is 0 Å². The molecule has 2 fully saturated rings. The van der Waals surface area contributed by atoms with Crippen molar-refractivity contribution in [1.82, 2.24) is 31.5 Å². The van der Waals surface area contributed by atoms with E-state index in [0.29, 0.717) is 13.1 Å². The maximum Gasteiger partial charge on any atom is 0.245 e. The quantitative estimate of drug-likeness (QED) is 0.189. The molecule has 2 unspecified atom stereocenters. The van der Waals surface area contributed by atoms with Gasteiger partial charge in [-0.2, -0.15) is 0 Å². The van der Waals surface area contributed by atoms with E-state index >= 15 is 0 Å². The number of likely N-dealkylation sites (tertiary alicyclic amines) is 1. The Kier molecular flexibility index (Phi) is 12.5. The van der Waals surface area contributed by atoms with Gasteiger partial charge in [-0.05, 0) is 65.1 Å². The molecule has 2 aromatic carbocycles. The fourth-order valence-electron chi connectivity index (χ4n) is 5.98. The predicted octanol–water partition coefficient (Wildman–Crippen LogP) is 1.70. The lowest BCUT2D eigenvalue weighted by Gasteiger charge is -2.30. The van der Waals surface area contributed by atoms with Crippen molar-refractivity contribution in [2.75, 3.05) is 19.6 Å². The van der Waals surface area contributed by atoms with Gasteiger partial charge in [-0.3, -0.25) is 29.4 Å². The maximum atomic E-state index is 13.6. The van der Waals surface area contributed by atoms with E-state index < -0.39 is 28.3 Å². The Hall–Kier alpha value is -3.45. The number of aliphatic hydroxyl groups is 1. The topological polar surface area (TPSA) is 152 Å². The first-order chi connectivity index (χ1) is 22.2. The minimum atomic E-state index is -0.950. The zero-order valence-electron chi connectivity index (χ0n) is 28.0. The zero-order valence-corrected chi connectivity index (χ0v) is 28.9. The van der Waals surface area contributed by atoms with Gasteiger partial charge < -0.3 is 26.4 Å². The summed E-state index contributed by atoms with van der Waals surface area (Å²) in [7, 11) is 0. The van der Waals surface area contributed by atoms with Crippen molar-refractivity contribution in [1.29, 1.82) is 0 Å². The highest BCUT2D eigenvalue weighted by Crippen LogP contribution is 2.39. The van der Waals surface area contributed by atoms with E-state index in [9.17, 15) is 24.3 Å². The highest BCUT2D eigenvalue weighted by Gasteiger charge is 2.49. The molecule has 11 nitrogen and oxygen atoms in total. The standard InChI is InChI=1S/C35H50N6O5S/c1-34(2,3)40-30(44)26-17-12-18-41(26)22-25(42)21-37-32(46)29-35(4,5)47-33(39-29)28(31(45)36-20-24-15-10-7-11-16-24)38-27(43)19-23-13-8-6-9-14-23/h6-11,13-16,25-26,28-29,33,39,42H,12,17-22H2,1-5H3,(H,36,45)(H,37,46)(H,38,43)(H,40,44)/t25?,26-,28?,29-,33+/m0/s1. The maximum absolute atomic E-state index is 13.6. The Morgan fingerprint density at radius 2 is 1.62 bits per heavy atom. The molecule has 0 radical (unpaired) electrons. The molecule has 2 heterocycles. The number of hydrogen-bond donors (Lipinski definition) is 6. The van der Waals surface area contributed by atoms with E-state index in [1.54, 1.807) is 0 Å². The number of nitrogens with one attached hydrogen (secondary N) is 5. The molecule has 2 saturated heterocycles. The van der Waals surface area contributed by atoms with Crippen molar-refractivity contribution >= 4 is 35.4 Å². The molecule has 2 aliphatic rings. The molecule has 12 heteroatoms. The number of nitrogens with zero attached hydrogens (tertiary/aromatic N) is 1. The van der Waals surface area contributed by atoms with Gasteiger partial charge in [-0.25, -0.2) is 0 Å². The first-order valence-electron chi connectivity index (χ1n) is 16.3. The Labute approximate surface area is 282 Å². The Morgan fingerprint density at radius 3 is 2.26 bits per heavy atom. The Morgan fingerprint density at radius 1 is 0.979 bits per heavy atom. The molecule has 0 bridgehead atoms. The monoisotopic (exact) mass is 666 g/mol. The number of carbonyl (C=O) groups is 4. The summed E-state index contributed by atoms with van der Waals surface area (Å²) in [4.78, 5) is 54.9. The molecule has 0 spiro atoms. The van der Waals surface area contributed by atoms with Crippen LogP contribution in [-0.2, 0) is 32.1 Å². The molecule has 6 N–H and O–H groups in total. The van der Waals surface area contributed by atoms with Gasteiger partial charge in [0.25, 0.3) is 0 Å². The number of carbonyl (C=O) groups excluding carboxylic acids is 4. The average molecular weight is 667 g/mol. The van der Waals surface area contributed by atoms with Crippen LogP contribution >= 0.6 is 11.8 Å². The first kappa shape index (κ1) is 36.4. The third kappa shape index (κ3) is 10.8. The number of thioether (sulfide) groups is 1. The van der Waals surface area contributed by atoms with Gasteiger partial charge in [0.15, 0.2) is 0 Å². The molecule has 256 valence electrons. The van der Waals surface area contributed by atoms with Gasteiger partial charge >= 0.3 is 0 Å². The van der Waals surface area contributed by atoms with Crippen molar-refractivity contribution in [3.8, 4) is 0 Å². The summed E-state index contributed by atoms with van der Waals surface area (Å²) in [6, 6.07) is 16.9. The van der Waals surface area contributed by atoms with Gasteiger partial charge in [0.1, 0.15) is 12.1 Å². The van der Waals surface area contributed by atoms with Crippen molar-refractivity contribution in [3.63, 3.8) is 0 Å². The Bertz CT molecular complexity index is 1370. The van der Waals surface area contributed by atoms with Gasteiger partial charge in [0.05, 0.1) is 23.9 Å². The molecule has 47 heavy (non-hydrogen) atoms. The lowest BCUT2D eigenvalue weighted by Crippen LogP contribution is -2.58. The molecular weight excluding hydrogens is 616 g/mol. The van der Waals surface area contributed by atoms with E-state index in [1.165, 1.54) is 11.8 Å². The number of amides is 4. The van der Waals surface area contributed by atoms with Crippen molar-refractivity contribution in [3.05, 3.63) is 71.8 Å². The van der Waals surface area contributed by atoms with Gasteiger partial charge in [0.2, 0.25) is 23.6 Å². The zero-order chi connectivity index (χ0) is 34.2. The van der Waals surface area contributed by atoms with Crippen molar-refractivity contribution in [2.45, 2.75) is 100 Å².